The van der Waals surface area contributed by atoms with Gasteiger partial charge in [-0.15, -0.1) is 0 Å². The quantitative estimate of drug-likeness (QED) is 0.929. The van der Waals surface area contributed by atoms with Crippen molar-refractivity contribution in [1.82, 2.24) is 10.2 Å². The second kappa shape index (κ2) is 5.91. The lowest BCUT2D eigenvalue weighted by molar-refractivity contribution is -0.127. The van der Waals surface area contributed by atoms with Gasteiger partial charge in [-0.3, -0.25) is 9.69 Å². The summed E-state index contributed by atoms with van der Waals surface area (Å²) in [7, 11) is 0. The van der Waals surface area contributed by atoms with Crippen LogP contribution >= 0.6 is 0 Å². The maximum atomic E-state index is 12.3. The number of piperidine rings is 1. The topological polar surface area (TPSA) is 32.3 Å². The molecule has 3 rings (SSSR count). The normalized spacial score (nSPS) is 25.9. The zero-order valence-electron chi connectivity index (χ0n) is 12.2. The summed E-state index contributed by atoms with van der Waals surface area (Å²) < 4.78 is 37.0. The number of carbonyl (C=O) groups excluding carboxylic acids is 1. The van der Waals surface area contributed by atoms with Crippen molar-refractivity contribution in [3.63, 3.8) is 0 Å². The van der Waals surface area contributed by atoms with E-state index < -0.39 is 12.6 Å². The van der Waals surface area contributed by atoms with Crippen LogP contribution in [0.15, 0.2) is 24.3 Å². The lowest BCUT2D eigenvalue weighted by Crippen LogP contribution is -2.39. The zero-order valence-corrected chi connectivity index (χ0v) is 12.2. The molecule has 1 amide bonds. The smallest absolute Gasteiger partial charge is 0.356 e. The highest BCUT2D eigenvalue weighted by Crippen LogP contribution is 2.29. The van der Waals surface area contributed by atoms with Gasteiger partial charge in [-0.25, -0.2) is 0 Å². The van der Waals surface area contributed by atoms with Crippen LogP contribution < -0.4 is 5.32 Å². The number of hydrogen-bond donors (Lipinski definition) is 1. The number of likely N-dealkylation sites (tertiary alicyclic amines) is 1. The van der Waals surface area contributed by atoms with Crippen molar-refractivity contribution in [2.24, 2.45) is 11.8 Å². The number of carbonyl (C=O) groups is 1. The number of hydrogen-bond acceptors (Lipinski definition) is 2. The Kier molecular flexibility index (Phi) is 4.12. The number of alkyl halides is 3. The summed E-state index contributed by atoms with van der Waals surface area (Å²) in [6.07, 6.45) is -4.45. The maximum Gasteiger partial charge on any atom is 0.393 e. The Balaban J connectivity index is 1.56. The van der Waals surface area contributed by atoms with Gasteiger partial charge in [-0.05, 0) is 23.0 Å². The molecule has 2 fully saturated rings. The molecule has 3 nitrogen and oxygen atoms in total. The maximum absolute atomic E-state index is 12.3. The Morgan fingerprint density at radius 3 is 2.41 bits per heavy atom. The summed E-state index contributed by atoms with van der Waals surface area (Å²) in [5, 5.41) is 2.89. The molecule has 0 aliphatic carbocycles. The van der Waals surface area contributed by atoms with Gasteiger partial charge in [0.15, 0.2) is 0 Å². The van der Waals surface area contributed by atoms with E-state index in [1.54, 1.807) is 24.3 Å². The van der Waals surface area contributed by atoms with E-state index in [4.69, 9.17) is 0 Å². The van der Waals surface area contributed by atoms with Gasteiger partial charge < -0.3 is 5.32 Å². The van der Waals surface area contributed by atoms with Crippen LogP contribution in [0.5, 0.6) is 0 Å². The van der Waals surface area contributed by atoms with Gasteiger partial charge in [0, 0.05) is 32.6 Å². The molecule has 0 radical (unpaired) electrons. The minimum atomic E-state index is -4.16. The average molecular weight is 312 g/mol. The fourth-order valence-corrected chi connectivity index (χ4v) is 3.43. The summed E-state index contributed by atoms with van der Waals surface area (Å²) in [6.45, 7) is 3.30. The van der Waals surface area contributed by atoms with E-state index in [-0.39, 0.29) is 5.91 Å². The van der Waals surface area contributed by atoms with Crippen molar-refractivity contribution in [3.05, 3.63) is 35.4 Å². The molecule has 1 N–H and O–H groups in total. The van der Waals surface area contributed by atoms with Crippen molar-refractivity contribution in [3.8, 4) is 0 Å². The van der Waals surface area contributed by atoms with Crippen LogP contribution in [0, 0.1) is 11.8 Å². The van der Waals surface area contributed by atoms with E-state index in [0.29, 0.717) is 23.8 Å². The molecule has 0 saturated carbocycles. The molecule has 2 aliphatic rings. The molecule has 1 aromatic rings. The summed E-state index contributed by atoms with van der Waals surface area (Å²) >= 11 is 0. The second-order valence-corrected chi connectivity index (χ2v) is 6.33. The third-order valence-corrected chi connectivity index (χ3v) is 4.49. The first-order chi connectivity index (χ1) is 10.4. The highest BCUT2D eigenvalue weighted by molar-refractivity contribution is 5.77. The average Bonchev–Trinajstić information content (AvgIpc) is 2.80. The fraction of sp³-hybridized carbons (Fsp3) is 0.562. The third kappa shape index (κ3) is 3.80. The van der Waals surface area contributed by atoms with Crippen molar-refractivity contribution >= 4 is 5.91 Å². The Bertz CT molecular complexity index is 541. The number of rotatable bonds is 3. The number of nitrogens with one attached hydrogen (secondary N) is 1. The number of nitrogens with zero attached hydrogens (tertiary/aromatic N) is 1. The van der Waals surface area contributed by atoms with Crippen LogP contribution in [0.4, 0.5) is 13.2 Å². The number of amides is 1. The molecule has 2 aliphatic heterocycles. The highest BCUT2D eigenvalue weighted by atomic mass is 19.4. The molecule has 22 heavy (non-hydrogen) atoms. The van der Waals surface area contributed by atoms with Gasteiger partial charge in [-0.1, -0.05) is 24.3 Å². The van der Waals surface area contributed by atoms with Crippen LogP contribution in [-0.4, -0.2) is 36.6 Å². The molecule has 2 saturated heterocycles. The van der Waals surface area contributed by atoms with Crippen molar-refractivity contribution in [2.45, 2.75) is 25.6 Å². The molecule has 2 atom stereocenters. The predicted octanol–water partition coefficient (Wildman–Crippen LogP) is 2.36. The van der Waals surface area contributed by atoms with Gasteiger partial charge >= 0.3 is 6.18 Å². The third-order valence-electron chi connectivity index (χ3n) is 4.49. The Labute approximate surface area is 127 Å². The van der Waals surface area contributed by atoms with Gasteiger partial charge in [0.05, 0.1) is 6.42 Å². The Morgan fingerprint density at radius 1 is 1.09 bits per heavy atom. The molecule has 6 heteroatoms. The first-order valence-electron chi connectivity index (χ1n) is 7.53. The summed E-state index contributed by atoms with van der Waals surface area (Å²) in [5.74, 6) is 1.04. The second-order valence-electron chi connectivity index (χ2n) is 6.33. The standard InChI is InChI=1S/C16H19F3N2O/c17-16(18,19)6-11-1-3-12(4-2-11)8-21-9-13-5-15(22)20-7-14(13)10-21/h1-4,13-14H,5-10H2,(H,20,22)/t13-,14+/m1/s1. The van der Waals surface area contributed by atoms with Crippen LogP contribution in [-0.2, 0) is 17.8 Å². The fourth-order valence-electron chi connectivity index (χ4n) is 3.43. The minimum Gasteiger partial charge on any atom is -0.356 e. The monoisotopic (exact) mass is 312 g/mol. The Hall–Kier alpha value is -1.56. The minimum absolute atomic E-state index is 0.125. The van der Waals surface area contributed by atoms with Crippen molar-refractivity contribution in [1.29, 1.82) is 0 Å². The number of halogens is 3. The molecule has 0 aromatic heterocycles. The van der Waals surface area contributed by atoms with E-state index in [0.717, 1.165) is 31.7 Å². The number of benzene rings is 1. The zero-order chi connectivity index (χ0) is 15.7. The molecular weight excluding hydrogens is 293 g/mol. The number of fused-ring (bicyclic) bond motifs is 1. The van der Waals surface area contributed by atoms with Crippen molar-refractivity contribution in [2.75, 3.05) is 19.6 Å². The van der Waals surface area contributed by atoms with Crippen molar-refractivity contribution < 1.29 is 18.0 Å². The predicted molar refractivity (Wildman–Crippen MR) is 76.1 cm³/mol. The van der Waals surface area contributed by atoms with E-state index >= 15 is 0 Å². The first-order valence-corrected chi connectivity index (χ1v) is 7.53. The molecule has 0 bridgehead atoms. The van der Waals surface area contributed by atoms with Crippen LogP contribution in [0.25, 0.3) is 0 Å². The molecular formula is C16H19F3N2O. The largest absolute Gasteiger partial charge is 0.393 e. The lowest BCUT2D eigenvalue weighted by atomic mass is 9.89. The summed E-state index contributed by atoms with van der Waals surface area (Å²) in [5.41, 5.74) is 1.31. The van der Waals surface area contributed by atoms with Crippen LogP contribution in [0.1, 0.15) is 17.5 Å². The first kappa shape index (κ1) is 15.3. The highest BCUT2D eigenvalue weighted by Gasteiger charge is 2.36. The van der Waals surface area contributed by atoms with Gasteiger partial charge in [0.2, 0.25) is 5.91 Å². The van der Waals surface area contributed by atoms with Gasteiger partial charge in [0.1, 0.15) is 0 Å². The summed E-state index contributed by atoms with van der Waals surface area (Å²) in [4.78, 5) is 13.7. The summed E-state index contributed by atoms with van der Waals surface area (Å²) in [6, 6.07) is 6.65. The van der Waals surface area contributed by atoms with Crippen LogP contribution in [0.2, 0.25) is 0 Å². The van der Waals surface area contributed by atoms with Crippen LogP contribution in [0.3, 0.4) is 0 Å². The SMILES string of the molecule is O=C1C[C@@H]2CN(Cc3ccc(CC(F)(F)F)cc3)C[C@@H]2CN1. The van der Waals surface area contributed by atoms with E-state index in [9.17, 15) is 18.0 Å². The Morgan fingerprint density at radius 2 is 1.73 bits per heavy atom. The molecule has 120 valence electrons. The molecule has 2 heterocycles. The molecule has 0 spiro atoms. The molecule has 0 unspecified atom stereocenters. The molecule has 1 aromatic carbocycles. The van der Waals surface area contributed by atoms with E-state index in [1.807, 2.05) is 0 Å². The van der Waals surface area contributed by atoms with Gasteiger partial charge in [0.25, 0.3) is 0 Å². The van der Waals surface area contributed by atoms with E-state index in [1.165, 1.54) is 0 Å². The van der Waals surface area contributed by atoms with Gasteiger partial charge in [-0.2, -0.15) is 13.2 Å². The van der Waals surface area contributed by atoms with E-state index in [2.05, 4.69) is 10.2 Å². The lowest BCUT2D eigenvalue weighted by Gasteiger charge is -2.23.